The number of nitrogens with zero attached hydrogens (tertiary/aromatic N) is 2. The van der Waals surface area contributed by atoms with Gasteiger partial charge in [0.1, 0.15) is 11.6 Å². The molecule has 1 aromatic heterocycles. The highest BCUT2D eigenvalue weighted by Crippen LogP contribution is 2.35. The van der Waals surface area contributed by atoms with E-state index < -0.39 is 5.82 Å². The van der Waals surface area contributed by atoms with E-state index >= 15 is 0 Å². The molecule has 0 saturated carbocycles. The summed E-state index contributed by atoms with van der Waals surface area (Å²) in [7, 11) is 0. The molecule has 1 aliphatic heterocycles. The maximum atomic E-state index is 14.0. The summed E-state index contributed by atoms with van der Waals surface area (Å²) in [4.78, 5) is 14.6. The van der Waals surface area contributed by atoms with E-state index in [9.17, 15) is 9.18 Å². The van der Waals surface area contributed by atoms with Crippen molar-refractivity contribution in [3.05, 3.63) is 46.4 Å². The molecule has 2 heterocycles. The molecule has 3 rings (SSSR count). The molecule has 1 fully saturated rings. The zero-order valence-corrected chi connectivity index (χ0v) is 15.7. The molecule has 2 atom stereocenters. The van der Waals surface area contributed by atoms with Gasteiger partial charge < -0.3 is 9.84 Å². The van der Waals surface area contributed by atoms with Crippen LogP contribution >= 0.6 is 11.6 Å². The smallest absolute Gasteiger partial charge is 0.320 e. The van der Waals surface area contributed by atoms with Crippen LogP contribution in [0.1, 0.15) is 37.6 Å². The molecule has 2 aromatic rings. The zero-order chi connectivity index (χ0) is 18.8. The van der Waals surface area contributed by atoms with E-state index in [0.29, 0.717) is 11.6 Å². The minimum Gasteiger partial charge on any atom is -0.360 e. The second-order valence-corrected chi connectivity index (χ2v) is 7.17. The average Bonchev–Trinajstić information content (AvgIpc) is 3.16. The molecule has 1 aliphatic rings. The number of anilines is 1. The Kier molecular flexibility index (Phi) is 5.48. The first-order valence-electron chi connectivity index (χ1n) is 8.56. The van der Waals surface area contributed by atoms with Crippen molar-refractivity contribution in [3.63, 3.8) is 0 Å². The standard InChI is InChI=1S/C18H22ClFN4O2/c1-10(2)24-7-6-15(17(24)12-4-5-13(19)14(20)9-12)21-18(25)22-16-8-11(3)26-23-16/h4-5,8-10,15,17H,6-7H2,1-3H3,(H2,21,22,23,25). The molecule has 0 spiro atoms. The molecule has 8 heteroatoms. The Morgan fingerprint density at radius 3 is 2.81 bits per heavy atom. The Morgan fingerprint density at radius 2 is 2.19 bits per heavy atom. The van der Waals surface area contributed by atoms with Crippen molar-refractivity contribution in [2.24, 2.45) is 0 Å². The van der Waals surface area contributed by atoms with E-state index in [0.717, 1.165) is 18.5 Å². The lowest BCUT2D eigenvalue weighted by atomic mass is 9.99. The Morgan fingerprint density at radius 1 is 1.42 bits per heavy atom. The first-order valence-corrected chi connectivity index (χ1v) is 8.94. The van der Waals surface area contributed by atoms with E-state index in [-0.39, 0.29) is 29.2 Å². The van der Waals surface area contributed by atoms with Crippen LogP contribution in [-0.2, 0) is 0 Å². The van der Waals surface area contributed by atoms with Gasteiger partial charge in [0, 0.05) is 18.7 Å². The largest absolute Gasteiger partial charge is 0.360 e. The highest BCUT2D eigenvalue weighted by Gasteiger charge is 2.37. The number of benzene rings is 1. The van der Waals surface area contributed by atoms with Gasteiger partial charge in [-0.2, -0.15) is 0 Å². The third-order valence-electron chi connectivity index (χ3n) is 4.57. The van der Waals surface area contributed by atoms with Crippen molar-refractivity contribution in [2.45, 2.75) is 45.3 Å². The number of amides is 2. The van der Waals surface area contributed by atoms with Gasteiger partial charge in [0.15, 0.2) is 5.82 Å². The molecule has 0 radical (unpaired) electrons. The summed E-state index contributed by atoms with van der Waals surface area (Å²) < 4.78 is 18.9. The number of likely N-dealkylation sites (tertiary alicyclic amines) is 1. The molecule has 0 aliphatic carbocycles. The van der Waals surface area contributed by atoms with E-state index in [2.05, 4.69) is 34.5 Å². The monoisotopic (exact) mass is 380 g/mol. The molecule has 0 bridgehead atoms. The molecule has 6 nitrogen and oxygen atoms in total. The van der Waals surface area contributed by atoms with Crippen LogP contribution in [0.2, 0.25) is 5.02 Å². The number of hydrogen-bond donors (Lipinski definition) is 2. The minimum atomic E-state index is -0.457. The van der Waals surface area contributed by atoms with Gasteiger partial charge in [-0.05, 0) is 44.9 Å². The van der Waals surface area contributed by atoms with Gasteiger partial charge in [0.25, 0.3) is 0 Å². The van der Waals surface area contributed by atoms with Crippen LogP contribution in [0.4, 0.5) is 15.0 Å². The van der Waals surface area contributed by atoms with Gasteiger partial charge in [-0.15, -0.1) is 0 Å². The first-order chi connectivity index (χ1) is 12.3. The van der Waals surface area contributed by atoms with Crippen LogP contribution < -0.4 is 10.6 Å². The summed E-state index contributed by atoms with van der Waals surface area (Å²) in [6.07, 6.45) is 0.762. The van der Waals surface area contributed by atoms with E-state index in [1.807, 2.05) is 6.07 Å². The fraction of sp³-hybridized carbons (Fsp3) is 0.444. The molecule has 2 N–H and O–H groups in total. The number of halogens is 2. The van der Waals surface area contributed by atoms with Crippen molar-refractivity contribution in [2.75, 3.05) is 11.9 Å². The summed E-state index contributed by atoms with van der Waals surface area (Å²) in [5.74, 6) is 0.510. The third kappa shape index (κ3) is 3.99. The molecule has 140 valence electrons. The van der Waals surface area contributed by atoms with Gasteiger partial charge in [0.2, 0.25) is 0 Å². The SMILES string of the molecule is Cc1cc(NC(=O)NC2CCN(C(C)C)C2c2ccc(Cl)c(F)c2)no1. The Labute approximate surface area is 156 Å². The van der Waals surface area contributed by atoms with E-state index in [4.69, 9.17) is 16.1 Å². The van der Waals surface area contributed by atoms with Gasteiger partial charge >= 0.3 is 6.03 Å². The predicted octanol–water partition coefficient (Wildman–Crippen LogP) is 4.12. The van der Waals surface area contributed by atoms with Crippen LogP contribution in [0.3, 0.4) is 0 Å². The second-order valence-electron chi connectivity index (χ2n) is 6.77. The zero-order valence-electron chi connectivity index (χ0n) is 14.9. The van der Waals surface area contributed by atoms with Crippen molar-refractivity contribution < 1.29 is 13.7 Å². The quantitative estimate of drug-likeness (QED) is 0.837. The van der Waals surface area contributed by atoms with Gasteiger partial charge in [0.05, 0.1) is 17.1 Å². The highest BCUT2D eigenvalue weighted by atomic mass is 35.5. The van der Waals surface area contributed by atoms with E-state index in [1.165, 1.54) is 6.07 Å². The normalized spacial score (nSPS) is 20.5. The first kappa shape index (κ1) is 18.7. The van der Waals surface area contributed by atoms with Crippen LogP contribution in [0.5, 0.6) is 0 Å². The summed E-state index contributed by atoms with van der Waals surface area (Å²) in [5, 5.41) is 9.47. The lowest BCUT2D eigenvalue weighted by Crippen LogP contribution is -2.43. The highest BCUT2D eigenvalue weighted by molar-refractivity contribution is 6.30. The fourth-order valence-corrected chi connectivity index (χ4v) is 3.53. The minimum absolute atomic E-state index is 0.0894. The number of carbonyl (C=O) groups is 1. The van der Waals surface area contributed by atoms with Crippen molar-refractivity contribution in [1.82, 2.24) is 15.4 Å². The summed E-state index contributed by atoms with van der Waals surface area (Å²) in [6.45, 7) is 6.72. The van der Waals surface area contributed by atoms with Crippen LogP contribution in [0.25, 0.3) is 0 Å². The lowest BCUT2D eigenvalue weighted by molar-refractivity contribution is 0.189. The molecule has 1 aromatic carbocycles. The second kappa shape index (κ2) is 7.63. The van der Waals surface area contributed by atoms with Gasteiger partial charge in [-0.1, -0.05) is 22.8 Å². The Bertz CT molecular complexity index is 795. The average molecular weight is 381 g/mol. The molecule has 2 amide bonds. The lowest BCUT2D eigenvalue weighted by Gasteiger charge is -2.32. The van der Waals surface area contributed by atoms with Gasteiger partial charge in [-0.3, -0.25) is 10.2 Å². The number of rotatable bonds is 4. The third-order valence-corrected chi connectivity index (χ3v) is 4.88. The Balaban J connectivity index is 1.78. The fourth-order valence-electron chi connectivity index (χ4n) is 3.41. The summed E-state index contributed by atoms with van der Waals surface area (Å²) >= 11 is 5.82. The van der Waals surface area contributed by atoms with Gasteiger partial charge in [-0.25, -0.2) is 9.18 Å². The maximum Gasteiger partial charge on any atom is 0.320 e. The van der Waals surface area contributed by atoms with Crippen molar-refractivity contribution >= 4 is 23.4 Å². The molecular weight excluding hydrogens is 359 g/mol. The predicted molar refractivity (Wildman–Crippen MR) is 97.8 cm³/mol. The van der Waals surface area contributed by atoms with Crippen LogP contribution in [0, 0.1) is 12.7 Å². The van der Waals surface area contributed by atoms with E-state index in [1.54, 1.807) is 19.1 Å². The molecule has 2 unspecified atom stereocenters. The number of urea groups is 1. The molecule has 26 heavy (non-hydrogen) atoms. The van der Waals surface area contributed by atoms with Crippen molar-refractivity contribution in [1.29, 1.82) is 0 Å². The van der Waals surface area contributed by atoms with Crippen LogP contribution in [0.15, 0.2) is 28.8 Å². The van der Waals surface area contributed by atoms with Crippen molar-refractivity contribution in [3.8, 4) is 0 Å². The summed E-state index contributed by atoms with van der Waals surface area (Å²) in [6, 6.07) is 6.04. The topological polar surface area (TPSA) is 70.4 Å². The number of aromatic nitrogens is 1. The molecular formula is C18H22ClFN4O2. The summed E-state index contributed by atoms with van der Waals surface area (Å²) in [5.41, 5.74) is 0.792. The maximum absolute atomic E-state index is 14.0. The Hall–Kier alpha value is -2.12. The molecule has 1 saturated heterocycles. The number of hydrogen-bond acceptors (Lipinski definition) is 4. The van der Waals surface area contributed by atoms with Crippen LogP contribution in [-0.4, -0.2) is 34.7 Å². The number of aryl methyl sites for hydroxylation is 1. The number of carbonyl (C=O) groups excluding carboxylic acids is 1. The number of nitrogens with one attached hydrogen (secondary N) is 2.